The van der Waals surface area contributed by atoms with E-state index in [1.165, 1.54) is 19.3 Å². The molecule has 1 nitrogen and oxygen atoms in total. The highest BCUT2D eigenvalue weighted by Gasteiger charge is 2.58. The van der Waals surface area contributed by atoms with Gasteiger partial charge in [-0.1, -0.05) is 0 Å². The van der Waals surface area contributed by atoms with Crippen molar-refractivity contribution in [2.45, 2.75) is 50.3 Å². The summed E-state index contributed by atoms with van der Waals surface area (Å²) in [5.74, 6) is 1.90. The maximum atomic E-state index is 11.8. The highest BCUT2D eigenvalue weighted by Crippen LogP contribution is 2.63. The predicted octanol–water partition coefficient (Wildman–Crippen LogP) is 3.15. The van der Waals surface area contributed by atoms with Gasteiger partial charge in [0.05, 0.1) is 0 Å². The van der Waals surface area contributed by atoms with Crippen LogP contribution in [0.4, 0.5) is 0 Å². The van der Waals surface area contributed by atoms with Gasteiger partial charge in [-0.3, -0.25) is 4.79 Å². The summed E-state index contributed by atoms with van der Waals surface area (Å²) in [4.78, 5) is 11.8. The summed E-state index contributed by atoms with van der Waals surface area (Å²) in [5, 5.41) is 0. The van der Waals surface area contributed by atoms with Crippen LogP contribution in [0.2, 0.25) is 0 Å². The smallest absolute Gasteiger partial charge is 0.136 e. The molecule has 0 aliphatic heterocycles. The molecule has 0 N–H and O–H groups in total. The monoisotopic (exact) mass is 212 g/mol. The number of alkyl halides is 1. The van der Waals surface area contributed by atoms with Crippen LogP contribution in [0.3, 0.4) is 0 Å². The van der Waals surface area contributed by atoms with Gasteiger partial charge in [-0.05, 0) is 57.3 Å². The van der Waals surface area contributed by atoms with Crippen molar-refractivity contribution < 1.29 is 4.79 Å². The summed E-state index contributed by atoms with van der Waals surface area (Å²) in [7, 11) is 0. The van der Waals surface area contributed by atoms with Gasteiger partial charge in [-0.25, -0.2) is 0 Å². The fourth-order valence-electron chi connectivity index (χ4n) is 4.56. The maximum absolute atomic E-state index is 11.8. The van der Waals surface area contributed by atoms with Crippen molar-refractivity contribution in [2.75, 3.05) is 0 Å². The third kappa shape index (κ3) is 1.11. The van der Waals surface area contributed by atoms with E-state index < -0.39 is 0 Å². The molecule has 4 aliphatic carbocycles. The van der Waals surface area contributed by atoms with Gasteiger partial charge >= 0.3 is 0 Å². The SMILES string of the molecule is CC(=O)C12C[C@@H]3C[C@@H](CC(Cl)(C3)C1)C2. The first-order chi connectivity index (χ1) is 6.51. The fourth-order valence-corrected chi connectivity index (χ4v) is 5.25. The van der Waals surface area contributed by atoms with Crippen molar-refractivity contribution >= 4 is 17.4 Å². The minimum atomic E-state index is -0.00810. The standard InChI is InChI=1S/C12H17ClO/c1-8(14)11-3-9-2-10(4-11)6-12(13,5-9)7-11/h9-10H,2-7H2,1H3/t9-,10+,11?,12?. The Hall–Kier alpha value is -0.0400. The summed E-state index contributed by atoms with van der Waals surface area (Å²) in [6.45, 7) is 1.77. The molecule has 0 heterocycles. The summed E-state index contributed by atoms with van der Waals surface area (Å²) in [5.41, 5.74) is -0.00810. The van der Waals surface area contributed by atoms with Crippen LogP contribution < -0.4 is 0 Å². The molecule has 0 aromatic heterocycles. The molecule has 0 saturated heterocycles. The van der Waals surface area contributed by atoms with Gasteiger partial charge in [-0.15, -0.1) is 11.6 Å². The van der Waals surface area contributed by atoms with Gasteiger partial charge in [0.25, 0.3) is 0 Å². The number of carbonyl (C=O) groups is 1. The van der Waals surface area contributed by atoms with Crippen molar-refractivity contribution in [3.05, 3.63) is 0 Å². The molecule has 0 spiro atoms. The minimum absolute atomic E-state index is 0.00421. The number of hydrogen-bond acceptors (Lipinski definition) is 1. The highest BCUT2D eigenvalue weighted by atomic mass is 35.5. The molecule has 4 aliphatic rings. The molecule has 4 rings (SSSR count). The fraction of sp³-hybridized carbons (Fsp3) is 0.917. The zero-order valence-electron chi connectivity index (χ0n) is 8.68. The molecule has 0 aromatic carbocycles. The summed E-state index contributed by atoms with van der Waals surface area (Å²) in [6, 6.07) is 0. The van der Waals surface area contributed by atoms with Crippen molar-refractivity contribution in [1.29, 1.82) is 0 Å². The van der Waals surface area contributed by atoms with Crippen LogP contribution in [0.25, 0.3) is 0 Å². The first-order valence-corrected chi connectivity index (χ1v) is 6.09. The average Bonchev–Trinajstić information content (AvgIpc) is 1.98. The quantitative estimate of drug-likeness (QED) is 0.611. The maximum Gasteiger partial charge on any atom is 0.136 e. The molecule has 0 amide bonds. The molecule has 4 bridgehead atoms. The van der Waals surface area contributed by atoms with E-state index in [1.54, 1.807) is 6.92 Å². The number of rotatable bonds is 1. The van der Waals surface area contributed by atoms with Gasteiger partial charge in [0.1, 0.15) is 5.78 Å². The summed E-state index contributed by atoms with van der Waals surface area (Å²) >= 11 is 6.61. The van der Waals surface area contributed by atoms with E-state index in [0.29, 0.717) is 5.78 Å². The molecule has 2 unspecified atom stereocenters. The van der Waals surface area contributed by atoms with Gasteiger partial charge in [0.2, 0.25) is 0 Å². The Bertz CT molecular complexity index is 283. The second-order valence-electron chi connectivity index (χ2n) is 5.95. The van der Waals surface area contributed by atoms with Crippen LogP contribution in [0.15, 0.2) is 0 Å². The third-order valence-electron chi connectivity index (χ3n) is 4.74. The lowest BCUT2D eigenvalue weighted by Gasteiger charge is -2.59. The normalized spacial score (nSPS) is 55.0. The van der Waals surface area contributed by atoms with E-state index in [2.05, 4.69) is 0 Å². The Balaban J connectivity index is 2.00. The Morgan fingerprint density at radius 2 is 1.79 bits per heavy atom. The van der Waals surface area contributed by atoms with Crippen LogP contribution in [-0.4, -0.2) is 10.7 Å². The van der Waals surface area contributed by atoms with Gasteiger partial charge in [0, 0.05) is 10.3 Å². The lowest BCUT2D eigenvalue weighted by molar-refractivity contribution is -0.139. The molecular formula is C12H17ClO. The largest absolute Gasteiger partial charge is 0.299 e. The topological polar surface area (TPSA) is 17.1 Å². The van der Waals surface area contributed by atoms with E-state index in [0.717, 1.165) is 31.1 Å². The van der Waals surface area contributed by atoms with Gasteiger partial charge in [0.15, 0.2) is 0 Å². The second kappa shape index (κ2) is 2.55. The highest BCUT2D eigenvalue weighted by molar-refractivity contribution is 6.24. The molecule has 0 aromatic rings. The summed E-state index contributed by atoms with van der Waals surface area (Å²) in [6.07, 6.45) is 6.90. The Morgan fingerprint density at radius 3 is 2.21 bits per heavy atom. The zero-order valence-corrected chi connectivity index (χ0v) is 9.44. The first-order valence-electron chi connectivity index (χ1n) is 5.71. The van der Waals surface area contributed by atoms with Crippen LogP contribution in [0, 0.1) is 17.3 Å². The van der Waals surface area contributed by atoms with E-state index in [1.807, 2.05) is 0 Å². The number of halogens is 1. The number of hydrogen-bond donors (Lipinski definition) is 0. The number of carbonyl (C=O) groups excluding carboxylic acids is 1. The molecule has 2 heteroatoms. The van der Waals surface area contributed by atoms with E-state index in [4.69, 9.17) is 11.6 Å². The molecule has 0 radical (unpaired) electrons. The van der Waals surface area contributed by atoms with Crippen molar-refractivity contribution in [3.63, 3.8) is 0 Å². The number of Topliss-reactive ketones (excluding diaryl/α,β-unsaturated/α-hetero) is 1. The Morgan fingerprint density at radius 1 is 1.21 bits per heavy atom. The molecule has 14 heavy (non-hydrogen) atoms. The van der Waals surface area contributed by atoms with Crippen molar-refractivity contribution in [2.24, 2.45) is 17.3 Å². The Labute approximate surface area is 90.2 Å². The van der Waals surface area contributed by atoms with Crippen molar-refractivity contribution in [1.82, 2.24) is 0 Å². The van der Waals surface area contributed by atoms with E-state index in [9.17, 15) is 4.79 Å². The molecule has 4 atom stereocenters. The summed E-state index contributed by atoms with van der Waals surface area (Å²) < 4.78 is 0. The third-order valence-corrected chi connectivity index (χ3v) is 5.18. The lowest BCUT2D eigenvalue weighted by Crippen LogP contribution is -2.55. The number of ketones is 1. The van der Waals surface area contributed by atoms with Crippen LogP contribution in [0.5, 0.6) is 0 Å². The van der Waals surface area contributed by atoms with Crippen LogP contribution in [0.1, 0.15) is 45.4 Å². The van der Waals surface area contributed by atoms with Crippen LogP contribution in [-0.2, 0) is 4.79 Å². The molecule has 4 saturated carbocycles. The second-order valence-corrected chi connectivity index (χ2v) is 6.75. The van der Waals surface area contributed by atoms with Crippen molar-refractivity contribution in [3.8, 4) is 0 Å². The minimum Gasteiger partial charge on any atom is -0.299 e. The molecular weight excluding hydrogens is 196 g/mol. The van der Waals surface area contributed by atoms with E-state index in [-0.39, 0.29) is 10.3 Å². The van der Waals surface area contributed by atoms with Crippen LogP contribution >= 0.6 is 11.6 Å². The first kappa shape index (κ1) is 9.21. The zero-order chi connectivity index (χ0) is 9.97. The average molecular weight is 213 g/mol. The van der Waals surface area contributed by atoms with E-state index >= 15 is 0 Å². The molecule has 4 fully saturated rings. The predicted molar refractivity (Wildman–Crippen MR) is 56.4 cm³/mol. The van der Waals surface area contributed by atoms with Gasteiger partial charge < -0.3 is 0 Å². The van der Waals surface area contributed by atoms with Gasteiger partial charge in [-0.2, -0.15) is 0 Å². The Kier molecular flexibility index (Phi) is 1.68. The lowest BCUT2D eigenvalue weighted by atomic mass is 9.48. The molecule has 78 valence electrons.